The number of esters is 1. The third kappa shape index (κ3) is 2.92. The quantitative estimate of drug-likeness (QED) is 0.352. The minimum atomic E-state index is -0.700. The maximum Gasteiger partial charge on any atom is 0.422 e. The fraction of sp³-hybridized carbons (Fsp3) is 0.385. The number of fused-ring (bicyclic) bond motifs is 1. The second-order valence-corrected chi connectivity index (χ2v) is 5.02. The molecular weight excluding hydrogens is 248 g/mol. The fourth-order valence-corrected chi connectivity index (χ4v) is 1.59. The van der Waals surface area contributed by atoms with Gasteiger partial charge in [0.05, 0.1) is 5.56 Å². The molecule has 19 heavy (non-hydrogen) atoms. The second kappa shape index (κ2) is 4.74. The Morgan fingerprint density at radius 1 is 1.32 bits per heavy atom. The van der Waals surface area contributed by atoms with Gasteiger partial charge < -0.3 is 19.7 Å². The Balaban J connectivity index is 2.28. The lowest BCUT2D eigenvalue weighted by Gasteiger charge is -2.17. The Bertz CT molecular complexity index is 568. The average Bonchev–Trinajstić information content (AvgIpc) is 2.74. The average molecular weight is 262 g/mol. The van der Waals surface area contributed by atoms with Crippen LogP contribution in [0.2, 0.25) is 0 Å². The van der Waals surface area contributed by atoms with Crippen molar-refractivity contribution in [3.63, 3.8) is 0 Å². The molecule has 1 aliphatic heterocycles. The first-order valence-corrected chi connectivity index (χ1v) is 5.76. The summed E-state index contributed by atoms with van der Waals surface area (Å²) in [6.45, 7) is 5.34. The molecule has 0 aromatic heterocycles. The molecule has 0 spiro atoms. The van der Waals surface area contributed by atoms with Crippen molar-refractivity contribution in [2.75, 3.05) is 6.79 Å². The molecule has 0 N–H and O–H groups in total. The molecule has 6 nitrogen and oxygen atoms in total. The zero-order valence-corrected chi connectivity index (χ0v) is 11.0. The van der Waals surface area contributed by atoms with Crippen LogP contribution in [-0.2, 0) is 9.53 Å². The van der Waals surface area contributed by atoms with E-state index in [2.05, 4.69) is 4.79 Å². The van der Waals surface area contributed by atoms with Crippen molar-refractivity contribution in [2.24, 2.45) is 0 Å². The van der Waals surface area contributed by atoms with Crippen LogP contribution in [0.5, 0.6) is 11.5 Å². The summed E-state index contributed by atoms with van der Waals surface area (Å²) in [7, 11) is 0. The number of nitrogens with zero attached hydrogens (tertiary/aromatic N) is 2. The van der Waals surface area contributed by atoms with E-state index in [0.717, 1.165) is 0 Å². The lowest BCUT2D eigenvalue weighted by molar-refractivity contribution is -0.150. The Hall–Kier alpha value is -2.33. The van der Waals surface area contributed by atoms with Crippen LogP contribution in [0.4, 0.5) is 0 Å². The molecule has 100 valence electrons. The molecule has 0 saturated carbocycles. The zero-order valence-electron chi connectivity index (χ0n) is 11.0. The molecule has 1 heterocycles. The summed E-state index contributed by atoms with van der Waals surface area (Å²) in [4.78, 5) is 14.9. The van der Waals surface area contributed by atoms with E-state index in [-0.39, 0.29) is 12.5 Å². The maximum atomic E-state index is 11.9. The number of hydrogen-bond donors (Lipinski definition) is 0. The van der Waals surface area contributed by atoms with Crippen LogP contribution in [0, 0.1) is 0 Å². The van der Waals surface area contributed by atoms with E-state index in [1.165, 1.54) is 0 Å². The number of hydrogen-bond acceptors (Lipinski definition) is 4. The molecule has 1 aromatic rings. The lowest BCUT2D eigenvalue weighted by atomic mass is 10.1. The summed E-state index contributed by atoms with van der Waals surface area (Å²) in [6.07, 6.45) is 0. The van der Waals surface area contributed by atoms with E-state index in [1.54, 1.807) is 39.0 Å². The highest BCUT2D eigenvalue weighted by molar-refractivity contribution is 6.40. The van der Waals surface area contributed by atoms with Gasteiger partial charge in [-0.15, -0.1) is 0 Å². The topological polar surface area (TPSA) is 81.2 Å². The fourth-order valence-electron chi connectivity index (χ4n) is 1.59. The summed E-state index contributed by atoms with van der Waals surface area (Å²) in [5.74, 6) is 0.390. The summed E-state index contributed by atoms with van der Waals surface area (Å²) in [5, 5.41) is 0. The van der Waals surface area contributed by atoms with Crippen LogP contribution in [0.15, 0.2) is 18.2 Å². The normalized spacial score (nSPS) is 12.8. The molecule has 0 bridgehead atoms. The molecule has 0 aliphatic carbocycles. The predicted octanol–water partition coefficient (Wildman–Crippen LogP) is 1.78. The molecule has 0 radical (unpaired) electrons. The third-order valence-corrected chi connectivity index (χ3v) is 2.34. The van der Waals surface area contributed by atoms with Gasteiger partial charge in [0.1, 0.15) is 5.60 Å². The van der Waals surface area contributed by atoms with Crippen molar-refractivity contribution in [1.82, 2.24) is 0 Å². The van der Waals surface area contributed by atoms with Gasteiger partial charge in [-0.25, -0.2) is 4.79 Å². The minimum absolute atomic E-state index is 0.136. The van der Waals surface area contributed by atoms with E-state index in [9.17, 15) is 4.79 Å². The van der Waals surface area contributed by atoms with Gasteiger partial charge in [0.15, 0.2) is 11.5 Å². The van der Waals surface area contributed by atoms with Crippen molar-refractivity contribution in [3.8, 4) is 11.5 Å². The highest BCUT2D eigenvalue weighted by atomic mass is 16.7. The number of benzene rings is 1. The van der Waals surface area contributed by atoms with E-state index < -0.39 is 11.6 Å². The first kappa shape index (κ1) is 13.1. The van der Waals surface area contributed by atoms with Crippen LogP contribution in [-0.4, -0.2) is 28.9 Å². The summed E-state index contributed by atoms with van der Waals surface area (Å²) < 4.78 is 15.5. The van der Waals surface area contributed by atoms with Gasteiger partial charge in [-0.2, -0.15) is 4.79 Å². The standard InChI is InChI=1S/C13H14N2O4/c1-13(2,3)19-12(16)11(15-14)8-4-5-9-10(6-8)18-7-17-9/h4-6H,7H2,1-3H3. The van der Waals surface area contributed by atoms with Crippen molar-refractivity contribution in [2.45, 2.75) is 26.4 Å². The van der Waals surface area contributed by atoms with Crippen LogP contribution >= 0.6 is 0 Å². The van der Waals surface area contributed by atoms with Gasteiger partial charge in [-0.3, -0.25) is 0 Å². The summed E-state index contributed by atoms with van der Waals surface area (Å²) in [6, 6.07) is 4.82. The van der Waals surface area contributed by atoms with Crippen LogP contribution in [0.25, 0.3) is 5.53 Å². The van der Waals surface area contributed by atoms with Gasteiger partial charge in [0, 0.05) is 0 Å². The van der Waals surface area contributed by atoms with Gasteiger partial charge >= 0.3 is 11.7 Å². The predicted molar refractivity (Wildman–Crippen MR) is 66.1 cm³/mol. The second-order valence-electron chi connectivity index (χ2n) is 5.02. The van der Waals surface area contributed by atoms with Crippen molar-refractivity contribution in [1.29, 1.82) is 0 Å². The van der Waals surface area contributed by atoms with Crippen LogP contribution < -0.4 is 9.47 Å². The molecule has 0 unspecified atom stereocenters. The van der Waals surface area contributed by atoms with E-state index in [0.29, 0.717) is 17.1 Å². The SMILES string of the molecule is CC(C)(C)OC(=O)C(=[N+]=[N-])c1ccc2c(c1)OCO2. The molecule has 0 amide bonds. The molecule has 1 aromatic carbocycles. The van der Waals surface area contributed by atoms with Crippen LogP contribution in [0.3, 0.4) is 0 Å². The highest BCUT2D eigenvalue weighted by Crippen LogP contribution is 2.32. The Kier molecular flexibility index (Phi) is 3.27. The zero-order chi connectivity index (χ0) is 14.0. The van der Waals surface area contributed by atoms with Gasteiger partial charge in [0.2, 0.25) is 6.79 Å². The van der Waals surface area contributed by atoms with Crippen LogP contribution in [0.1, 0.15) is 26.3 Å². The number of ether oxygens (including phenoxy) is 3. The number of rotatable bonds is 2. The number of carbonyl (C=O) groups excluding carboxylic acids is 1. The van der Waals surface area contributed by atoms with Crippen molar-refractivity contribution >= 4 is 11.7 Å². The molecule has 0 fully saturated rings. The largest absolute Gasteiger partial charge is 0.454 e. The Morgan fingerprint density at radius 3 is 2.63 bits per heavy atom. The molecular formula is C13H14N2O4. The van der Waals surface area contributed by atoms with Crippen molar-refractivity contribution in [3.05, 3.63) is 29.3 Å². The molecule has 0 atom stereocenters. The van der Waals surface area contributed by atoms with Gasteiger partial charge in [-0.1, -0.05) is 0 Å². The summed E-state index contributed by atoms with van der Waals surface area (Å²) in [5.41, 5.74) is 8.58. The number of carbonyl (C=O) groups is 1. The lowest BCUT2D eigenvalue weighted by Crippen LogP contribution is -2.30. The first-order chi connectivity index (χ1) is 8.90. The summed E-state index contributed by atoms with van der Waals surface area (Å²) >= 11 is 0. The first-order valence-electron chi connectivity index (χ1n) is 5.76. The molecule has 6 heteroatoms. The van der Waals surface area contributed by atoms with Crippen molar-refractivity contribution < 1.29 is 23.8 Å². The van der Waals surface area contributed by atoms with E-state index in [4.69, 9.17) is 19.7 Å². The van der Waals surface area contributed by atoms with Gasteiger partial charge in [0.25, 0.3) is 0 Å². The van der Waals surface area contributed by atoms with Gasteiger partial charge in [-0.05, 0) is 39.0 Å². The Morgan fingerprint density at radius 2 is 2.00 bits per heavy atom. The Labute approximate surface area is 110 Å². The molecule has 1 aliphatic rings. The van der Waals surface area contributed by atoms with E-state index >= 15 is 0 Å². The minimum Gasteiger partial charge on any atom is -0.454 e. The monoisotopic (exact) mass is 262 g/mol. The molecule has 0 saturated heterocycles. The smallest absolute Gasteiger partial charge is 0.422 e. The molecule has 2 rings (SSSR count). The maximum absolute atomic E-state index is 11.9. The third-order valence-electron chi connectivity index (χ3n) is 2.34. The van der Waals surface area contributed by atoms with E-state index in [1.807, 2.05) is 0 Å². The highest BCUT2D eigenvalue weighted by Gasteiger charge is 2.30.